The van der Waals surface area contributed by atoms with Gasteiger partial charge in [-0.05, 0) is 38.0 Å². The van der Waals surface area contributed by atoms with Crippen LogP contribution < -0.4 is 5.11 Å². The van der Waals surface area contributed by atoms with Gasteiger partial charge in [-0.15, -0.1) is 5.76 Å². The first kappa shape index (κ1) is 20.6. The number of rotatable bonds is 4. The largest absolute Gasteiger partial charge is 0.874 e. The van der Waals surface area contributed by atoms with Crippen LogP contribution in [0.25, 0.3) is 0 Å². The molecule has 0 fully saturated rings. The van der Waals surface area contributed by atoms with Gasteiger partial charge < -0.3 is 25.5 Å². The van der Waals surface area contributed by atoms with Crippen molar-refractivity contribution in [2.24, 2.45) is 0 Å². The standard InChI is InChI=1S/C22H22O7/c1-4-22(3,29)15(25)9-14(24)16-10(2)8-12-18(20(16)27)21(28)17-11(19(12)26)6-5-7-13(17)23/h5-9,14,23-25,27,29H,4H2,1-3H3/p-1/b15-9-/t14-,22-/m1/s1. The lowest BCUT2D eigenvalue weighted by molar-refractivity contribution is -0.333. The van der Waals surface area contributed by atoms with Crippen molar-refractivity contribution in [3.8, 4) is 11.5 Å². The summed E-state index contributed by atoms with van der Waals surface area (Å²) in [6, 6.07) is 5.47. The number of benzene rings is 2. The van der Waals surface area contributed by atoms with Gasteiger partial charge in [0.15, 0.2) is 5.78 Å². The second-order valence-corrected chi connectivity index (χ2v) is 7.34. The molecule has 0 spiro atoms. The van der Waals surface area contributed by atoms with Gasteiger partial charge in [-0.25, -0.2) is 0 Å². The maximum Gasteiger partial charge on any atom is 0.201 e. The Morgan fingerprint density at radius 1 is 1.17 bits per heavy atom. The fourth-order valence-electron chi connectivity index (χ4n) is 3.42. The second kappa shape index (κ2) is 7.02. The van der Waals surface area contributed by atoms with E-state index in [1.54, 1.807) is 6.92 Å². The van der Waals surface area contributed by atoms with Gasteiger partial charge in [-0.1, -0.05) is 25.1 Å². The number of hydrogen-bond acceptors (Lipinski definition) is 7. The van der Waals surface area contributed by atoms with Gasteiger partial charge in [0.2, 0.25) is 5.78 Å². The van der Waals surface area contributed by atoms with Crippen LogP contribution >= 0.6 is 0 Å². The van der Waals surface area contributed by atoms with Crippen LogP contribution in [0.5, 0.6) is 11.5 Å². The van der Waals surface area contributed by atoms with E-state index in [9.17, 15) is 35.1 Å². The van der Waals surface area contributed by atoms with Crippen molar-refractivity contribution >= 4 is 11.6 Å². The first-order valence-corrected chi connectivity index (χ1v) is 9.08. The zero-order valence-corrected chi connectivity index (χ0v) is 16.2. The summed E-state index contributed by atoms with van der Waals surface area (Å²) in [6.07, 6.45) is -0.634. The highest BCUT2D eigenvalue weighted by Gasteiger charge is 2.36. The van der Waals surface area contributed by atoms with Crippen molar-refractivity contribution < 1.29 is 35.1 Å². The lowest BCUT2D eigenvalue weighted by atomic mass is 9.80. The number of aliphatic hydroxyl groups is 2. The average molecular weight is 397 g/mol. The van der Waals surface area contributed by atoms with E-state index >= 15 is 0 Å². The summed E-state index contributed by atoms with van der Waals surface area (Å²) in [5, 5.41) is 53.6. The highest BCUT2D eigenvalue weighted by Crippen LogP contribution is 2.41. The van der Waals surface area contributed by atoms with E-state index in [1.807, 2.05) is 0 Å². The van der Waals surface area contributed by atoms with Gasteiger partial charge in [0.1, 0.15) is 17.6 Å². The van der Waals surface area contributed by atoms with Crippen molar-refractivity contribution in [3.63, 3.8) is 0 Å². The Morgan fingerprint density at radius 3 is 2.45 bits per heavy atom. The highest BCUT2D eigenvalue weighted by atomic mass is 16.3. The lowest BCUT2D eigenvalue weighted by Gasteiger charge is -2.31. The average Bonchev–Trinajstić information content (AvgIpc) is 2.65. The summed E-state index contributed by atoms with van der Waals surface area (Å²) in [5.41, 5.74) is -2.11. The topological polar surface area (TPSA) is 138 Å². The lowest BCUT2D eigenvalue weighted by Crippen LogP contribution is -2.33. The van der Waals surface area contributed by atoms with Gasteiger partial charge in [-0.3, -0.25) is 9.59 Å². The van der Waals surface area contributed by atoms with Gasteiger partial charge in [0.25, 0.3) is 0 Å². The fraction of sp³-hybridized carbons (Fsp3) is 0.273. The van der Waals surface area contributed by atoms with Crippen molar-refractivity contribution in [2.75, 3.05) is 0 Å². The van der Waals surface area contributed by atoms with E-state index in [2.05, 4.69) is 0 Å². The normalized spacial score (nSPS) is 16.8. The molecule has 1 aliphatic rings. The van der Waals surface area contributed by atoms with Crippen LogP contribution in [0, 0.1) is 6.92 Å². The fourth-order valence-corrected chi connectivity index (χ4v) is 3.42. The Morgan fingerprint density at radius 2 is 1.83 bits per heavy atom. The Hall–Kier alpha value is -3.16. The molecule has 0 saturated carbocycles. The Bertz CT molecular complexity index is 1060. The molecule has 1 aliphatic carbocycles. The molecule has 2 atom stereocenters. The summed E-state index contributed by atoms with van der Waals surface area (Å²) < 4.78 is 0. The van der Waals surface area contributed by atoms with Gasteiger partial charge in [0.05, 0.1) is 16.7 Å². The smallest absolute Gasteiger partial charge is 0.201 e. The third-order valence-corrected chi connectivity index (χ3v) is 5.36. The third kappa shape index (κ3) is 3.18. The molecule has 0 aromatic heterocycles. The number of aryl methyl sites for hydroxylation is 1. The van der Waals surface area contributed by atoms with Gasteiger partial charge >= 0.3 is 0 Å². The number of aliphatic hydroxyl groups excluding tert-OH is 1. The minimum Gasteiger partial charge on any atom is -0.874 e. The molecule has 3 rings (SSSR count). The summed E-state index contributed by atoms with van der Waals surface area (Å²) in [4.78, 5) is 25.7. The molecule has 0 radical (unpaired) electrons. The molecule has 7 heteroatoms. The number of ketones is 2. The highest BCUT2D eigenvalue weighted by molar-refractivity contribution is 6.30. The maximum absolute atomic E-state index is 12.9. The van der Waals surface area contributed by atoms with E-state index < -0.39 is 40.5 Å². The molecule has 0 aliphatic heterocycles. The van der Waals surface area contributed by atoms with Crippen LogP contribution in [0.4, 0.5) is 0 Å². The molecule has 4 N–H and O–H groups in total. The molecule has 152 valence electrons. The van der Waals surface area contributed by atoms with Crippen LogP contribution in [0.3, 0.4) is 0 Å². The zero-order chi connectivity index (χ0) is 21.7. The molecule has 0 saturated heterocycles. The maximum atomic E-state index is 12.9. The molecule has 2 aromatic carbocycles. The number of phenols is 2. The first-order valence-electron chi connectivity index (χ1n) is 9.08. The Kier molecular flexibility index (Phi) is 4.98. The third-order valence-electron chi connectivity index (χ3n) is 5.36. The molecular formula is C22H21O7-. The molecule has 0 amide bonds. The van der Waals surface area contributed by atoms with Crippen LogP contribution in [-0.4, -0.2) is 37.6 Å². The van der Waals surface area contributed by atoms with Gasteiger partial charge in [0, 0.05) is 16.7 Å². The number of hydrogen-bond donors (Lipinski definition) is 4. The minimum absolute atomic E-state index is 0.0235. The molecular weight excluding hydrogens is 376 g/mol. The number of aromatic hydroxyl groups is 2. The second-order valence-electron chi connectivity index (χ2n) is 7.34. The van der Waals surface area contributed by atoms with Crippen LogP contribution in [0.15, 0.2) is 36.1 Å². The molecule has 0 bridgehead atoms. The van der Waals surface area contributed by atoms with Crippen LogP contribution in [0.2, 0.25) is 0 Å². The number of carbonyl (C=O) groups is 2. The number of fused-ring (bicyclic) bond motifs is 2. The summed E-state index contributed by atoms with van der Waals surface area (Å²) in [6.45, 7) is 4.43. The zero-order valence-electron chi connectivity index (χ0n) is 16.2. The quantitative estimate of drug-likeness (QED) is 0.491. The molecule has 29 heavy (non-hydrogen) atoms. The van der Waals surface area contributed by atoms with E-state index in [0.717, 1.165) is 6.08 Å². The van der Waals surface area contributed by atoms with E-state index in [1.165, 1.54) is 38.1 Å². The van der Waals surface area contributed by atoms with E-state index in [-0.39, 0.29) is 34.2 Å². The Balaban J connectivity index is 2.19. The monoisotopic (exact) mass is 397 g/mol. The van der Waals surface area contributed by atoms with Crippen molar-refractivity contribution in [3.05, 3.63) is 69.5 Å². The minimum atomic E-state index is -1.69. The summed E-state index contributed by atoms with van der Waals surface area (Å²) >= 11 is 0. The number of phenolic OH excluding ortho intramolecular Hbond substituents is 2. The van der Waals surface area contributed by atoms with Crippen LogP contribution in [-0.2, 0) is 0 Å². The predicted molar refractivity (Wildman–Crippen MR) is 102 cm³/mol. The predicted octanol–water partition coefficient (Wildman–Crippen LogP) is 1.62. The summed E-state index contributed by atoms with van der Waals surface area (Å²) in [7, 11) is 0. The summed E-state index contributed by atoms with van der Waals surface area (Å²) in [5.74, 6) is -3.08. The van der Waals surface area contributed by atoms with Crippen molar-refractivity contribution in [2.45, 2.75) is 38.9 Å². The molecule has 2 aromatic rings. The van der Waals surface area contributed by atoms with Crippen molar-refractivity contribution in [1.29, 1.82) is 0 Å². The molecule has 7 nitrogen and oxygen atoms in total. The van der Waals surface area contributed by atoms with Crippen LogP contribution in [0.1, 0.15) is 69.3 Å². The molecule has 0 heterocycles. The van der Waals surface area contributed by atoms with Crippen molar-refractivity contribution in [1.82, 2.24) is 0 Å². The Labute approximate surface area is 167 Å². The molecule has 0 unspecified atom stereocenters. The first-order chi connectivity index (χ1) is 13.5. The van der Waals surface area contributed by atoms with E-state index in [0.29, 0.717) is 5.56 Å². The SMILES string of the molecule is CC[C@@](C)(O)/C([O-])=C/[C@@H](O)c1c(C)cc2c(c1O)C(=O)c1c(O)cccc1C2=O. The van der Waals surface area contributed by atoms with Gasteiger partial charge in [-0.2, -0.15) is 0 Å². The number of carbonyl (C=O) groups excluding carboxylic acids is 2. The van der Waals surface area contributed by atoms with E-state index in [4.69, 9.17) is 0 Å².